The van der Waals surface area contributed by atoms with Gasteiger partial charge in [-0.25, -0.2) is 0 Å². The van der Waals surface area contributed by atoms with Gasteiger partial charge in [-0.3, -0.25) is 4.79 Å². The summed E-state index contributed by atoms with van der Waals surface area (Å²) in [5.41, 5.74) is 3.11. The normalized spacial score (nSPS) is 17.9. The van der Waals surface area contributed by atoms with Gasteiger partial charge >= 0.3 is 0 Å². The smallest absolute Gasteiger partial charge is 0.251 e. The molecule has 3 aromatic rings. The molecule has 0 unspecified atom stereocenters. The zero-order valence-electron chi connectivity index (χ0n) is 13.4. The third kappa shape index (κ3) is 2.50. The Morgan fingerprint density at radius 2 is 1.21 bits per heavy atom. The zero-order chi connectivity index (χ0) is 16.4. The molecule has 1 N–H and O–H groups in total. The van der Waals surface area contributed by atoms with E-state index in [1.165, 1.54) is 11.1 Å². The molecule has 0 heterocycles. The maximum Gasteiger partial charge on any atom is 0.251 e. The highest BCUT2D eigenvalue weighted by molar-refractivity contribution is 5.94. The van der Waals surface area contributed by atoms with E-state index >= 15 is 0 Å². The number of nitrogens with one attached hydrogen (secondary N) is 1. The van der Waals surface area contributed by atoms with Gasteiger partial charge in [0.2, 0.25) is 0 Å². The van der Waals surface area contributed by atoms with Crippen LogP contribution in [0, 0.1) is 0 Å². The van der Waals surface area contributed by atoms with Gasteiger partial charge < -0.3 is 5.32 Å². The fourth-order valence-corrected chi connectivity index (χ4v) is 3.54. The van der Waals surface area contributed by atoms with Crippen LogP contribution < -0.4 is 5.32 Å². The second kappa shape index (κ2) is 5.97. The van der Waals surface area contributed by atoms with Crippen molar-refractivity contribution >= 4 is 5.91 Å². The van der Waals surface area contributed by atoms with Crippen molar-refractivity contribution < 1.29 is 4.79 Å². The summed E-state index contributed by atoms with van der Waals surface area (Å²) < 4.78 is 0. The Balaban J connectivity index is 1.65. The van der Waals surface area contributed by atoms with E-state index in [9.17, 15) is 4.79 Å². The van der Waals surface area contributed by atoms with E-state index in [-0.39, 0.29) is 17.4 Å². The first-order chi connectivity index (χ1) is 11.8. The third-order valence-corrected chi connectivity index (χ3v) is 4.88. The number of hydrogen-bond donors (Lipinski definition) is 1. The molecule has 1 fully saturated rings. The van der Waals surface area contributed by atoms with E-state index in [2.05, 4.69) is 53.8 Å². The SMILES string of the molecule is O=C(N[C@@H]1CC1(c1ccccc1)c1ccccc1)c1ccccc1. The first-order valence-corrected chi connectivity index (χ1v) is 8.28. The highest BCUT2D eigenvalue weighted by Gasteiger charge is 2.57. The van der Waals surface area contributed by atoms with E-state index < -0.39 is 0 Å². The van der Waals surface area contributed by atoms with Crippen LogP contribution in [0.3, 0.4) is 0 Å². The quantitative estimate of drug-likeness (QED) is 0.769. The number of rotatable bonds is 4. The van der Waals surface area contributed by atoms with Gasteiger partial charge in [0.15, 0.2) is 0 Å². The molecule has 4 rings (SSSR count). The lowest BCUT2D eigenvalue weighted by Crippen LogP contribution is -2.31. The van der Waals surface area contributed by atoms with Crippen LogP contribution in [-0.2, 0) is 5.41 Å². The van der Waals surface area contributed by atoms with Crippen LogP contribution in [-0.4, -0.2) is 11.9 Å². The predicted molar refractivity (Wildman–Crippen MR) is 96.0 cm³/mol. The van der Waals surface area contributed by atoms with E-state index in [1.54, 1.807) is 0 Å². The molecule has 0 aliphatic heterocycles. The largest absolute Gasteiger partial charge is 0.348 e. The van der Waals surface area contributed by atoms with Crippen molar-refractivity contribution in [2.24, 2.45) is 0 Å². The van der Waals surface area contributed by atoms with Gasteiger partial charge in [-0.2, -0.15) is 0 Å². The molecule has 0 spiro atoms. The van der Waals surface area contributed by atoms with Crippen molar-refractivity contribution in [3.8, 4) is 0 Å². The number of carbonyl (C=O) groups is 1. The molecule has 0 bridgehead atoms. The van der Waals surface area contributed by atoms with Gasteiger partial charge in [-0.15, -0.1) is 0 Å². The Hall–Kier alpha value is -2.87. The molecular weight excluding hydrogens is 294 g/mol. The van der Waals surface area contributed by atoms with Crippen molar-refractivity contribution in [1.82, 2.24) is 5.32 Å². The molecule has 0 saturated heterocycles. The van der Waals surface area contributed by atoms with Crippen molar-refractivity contribution in [1.29, 1.82) is 0 Å². The van der Waals surface area contributed by atoms with Crippen molar-refractivity contribution in [2.75, 3.05) is 0 Å². The van der Waals surface area contributed by atoms with E-state index in [0.29, 0.717) is 5.56 Å². The van der Waals surface area contributed by atoms with Gasteiger partial charge in [0, 0.05) is 17.0 Å². The average Bonchev–Trinajstić information content (AvgIpc) is 3.39. The molecule has 3 aromatic carbocycles. The molecule has 1 saturated carbocycles. The topological polar surface area (TPSA) is 29.1 Å². The highest BCUT2D eigenvalue weighted by atomic mass is 16.1. The summed E-state index contributed by atoms with van der Waals surface area (Å²) in [5, 5.41) is 3.22. The average molecular weight is 313 g/mol. The Morgan fingerprint density at radius 3 is 1.71 bits per heavy atom. The lowest BCUT2D eigenvalue weighted by molar-refractivity contribution is 0.0949. The summed E-state index contributed by atoms with van der Waals surface area (Å²) >= 11 is 0. The zero-order valence-corrected chi connectivity index (χ0v) is 13.4. The fourth-order valence-electron chi connectivity index (χ4n) is 3.54. The van der Waals surface area contributed by atoms with Gasteiger partial charge in [0.25, 0.3) is 5.91 Å². The molecular formula is C22H19NO. The monoisotopic (exact) mass is 313 g/mol. The highest BCUT2D eigenvalue weighted by Crippen LogP contribution is 2.53. The van der Waals surface area contributed by atoms with Crippen molar-refractivity contribution in [2.45, 2.75) is 17.9 Å². The molecule has 24 heavy (non-hydrogen) atoms. The molecule has 1 aliphatic carbocycles. The molecule has 1 amide bonds. The lowest BCUT2D eigenvalue weighted by Gasteiger charge is -2.19. The van der Waals surface area contributed by atoms with E-state index in [4.69, 9.17) is 0 Å². The second-order valence-corrected chi connectivity index (χ2v) is 6.30. The molecule has 1 aliphatic rings. The summed E-state index contributed by atoms with van der Waals surface area (Å²) in [6, 6.07) is 30.5. The van der Waals surface area contributed by atoms with Crippen LogP contribution in [0.1, 0.15) is 27.9 Å². The Labute approximate surface area is 142 Å². The maximum atomic E-state index is 12.5. The third-order valence-electron chi connectivity index (χ3n) is 4.88. The number of hydrogen-bond acceptors (Lipinski definition) is 1. The Kier molecular flexibility index (Phi) is 3.66. The Bertz CT molecular complexity index is 788. The van der Waals surface area contributed by atoms with Crippen LogP contribution in [0.25, 0.3) is 0 Å². The van der Waals surface area contributed by atoms with Crippen LogP contribution in [0.4, 0.5) is 0 Å². The first kappa shape index (κ1) is 14.7. The van der Waals surface area contributed by atoms with Gasteiger partial charge in [0.05, 0.1) is 0 Å². The summed E-state index contributed by atoms with van der Waals surface area (Å²) in [6.07, 6.45) is 0.930. The molecule has 1 atom stereocenters. The van der Waals surface area contributed by atoms with Gasteiger partial charge in [0.1, 0.15) is 0 Å². The summed E-state index contributed by atoms with van der Waals surface area (Å²) in [4.78, 5) is 12.5. The van der Waals surface area contributed by atoms with Crippen molar-refractivity contribution in [3.05, 3.63) is 108 Å². The molecule has 2 nitrogen and oxygen atoms in total. The van der Waals surface area contributed by atoms with Gasteiger partial charge in [-0.05, 0) is 29.7 Å². The number of carbonyl (C=O) groups excluding carboxylic acids is 1. The molecule has 118 valence electrons. The van der Waals surface area contributed by atoms with Crippen molar-refractivity contribution in [3.63, 3.8) is 0 Å². The summed E-state index contributed by atoms with van der Waals surface area (Å²) in [6.45, 7) is 0. The predicted octanol–water partition coefficient (Wildman–Crippen LogP) is 4.18. The minimum Gasteiger partial charge on any atom is -0.348 e. The number of benzene rings is 3. The first-order valence-electron chi connectivity index (χ1n) is 8.28. The fraction of sp³-hybridized carbons (Fsp3) is 0.136. The van der Waals surface area contributed by atoms with E-state index in [1.807, 2.05) is 42.5 Å². The lowest BCUT2D eigenvalue weighted by atomic mass is 9.87. The van der Waals surface area contributed by atoms with Crippen LogP contribution in [0.5, 0.6) is 0 Å². The summed E-state index contributed by atoms with van der Waals surface area (Å²) in [7, 11) is 0. The van der Waals surface area contributed by atoms with Gasteiger partial charge in [-0.1, -0.05) is 78.9 Å². The molecule has 0 aromatic heterocycles. The van der Waals surface area contributed by atoms with E-state index in [0.717, 1.165) is 6.42 Å². The minimum absolute atomic E-state index is 0.00524. The minimum atomic E-state index is -0.118. The maximum absolute atomic E-state index is 12.5. The molecule has 2 heteroatoms. The van der Waals surface area contributed by atoms with Crippen LogP contribution in [0.2, 0.25) is 0 Å². The summed E-state index contributed by atoms with van der Waals surface area (Å²) in [5.74, 6) is -0.00524. The molecule has 0 radical (unpaired) electrons. The Morgan fingerprint density at radius 1 is 0.750 bits per heavy atom. The standard InChI is InChI=1S/C22H19NO/c24-21(17-10-4-1-5-11-17)23-20-16-22(20,18-12-6-2-7-13-18)19-14-8-3-9-15-19/h1-15,20H,16H2,(H,23,24)/t20-/m1/s1. The number of amides is 1. The van der Waals surface area contributed by atoms with Crippen LogP contribution in [0.15, 0.2) is 91.0 Å². The van der Waals surface area contributed by atoms with Crippen LogP contribution >= 0.6 is 0 Å². The second-order valence-electron chi connectivity index (χ2n) is 6.30.